The van der Waals surface area contributed by atoms with Gasteiger partial charge in [0.05, 0.1) is 40.0 Å². The fourth-order valence-electron chi connectivity index (χ4n) is 4.41. The molecule has 1 amide bonds. The van der Waals surface area contributed by atoms with Crippen molar-refractivity contribution in [2.75, 3.05) is 17.7 Å². The number of carboxylic acid groups (broad SMARTS) is 1. The predicted octanol–water partition coefficient (Wildman–Crippen LogP) is 7.59. The number of amides is 1. The van der Waals surface area contributed by atoms with E-state index < -0.39 is 61.7 Å². The first-order valence-electron chi connectivity index (χ1n) is 15.4. The fourth-order valence-corrected chi connectivity index (χ4v) is 5.90. The highest BCUT2D eigenvalue weighted by Gasteiger charge is 2.17. The van der Waals surface area contributed by atoms with Crippen LogP contribution in [0.2, 0.25) is 0 Å². The Labute approximate surface area is 311 Å². The number of phenols is 3. The van der Waals surface area contributed by atoms with Gasteiger partial charge < -0.3 is 25.7 Å². The van der Waals surface area contributed by atoms with Gasteiger partial charge in [-0.1, -0.05) is 0 Å². The number of nitrogens with zero attached hydrogens (tertiary/aromatic N) is 6. The largest absolute Gasteiger partial charge is 0.507 e. The van der Waals surface area contributed by atoms with Crippen molar-refractivity contribution in [1.29, 1.82) is 0 Å². The molecule has 0 aromatic heterocycles. The minimum absolute atomic E-state index is 0.105. The number of phenolic OH excluding ortho intramolecular Hbond substituents is 2. The molecule has 0 heterocycles. The van der Waals surface area contributed by atoms with Crippen LogP contribution in [-0.2, 0) is 24.4 Å². The molecule has 5 aromatic rings. The zero-order valence-corrected chi connectivity index (χ0v) is 29.5. The molecular formula is C34H27N7O12S2. The standard InChI is InChI=1S/C34H27N7O12S2/c42-29-15-11-25(19-27(29)34(46)47)39-36-22-3-1-20(2-4-22)33(45)35-21-5-7-23(8-6-21)38-41-31-30(43)16-14-28(32(31)44)40-37-24-9-12-26(13-10-24)54(48,49)18-17-53-55(50,51)52/h1-16,19,42-44H,17-18H2,(H,35,45)(H,46,47)(H,50,51,52)/b39-36+,40-37+,41-38+. The highest BCUT2D eigenvalue weighted by atomic mass is 32.3. The number of carboxylic acids is 1. The number of aromatic hydroxyl groups is 3. The van der Waals surface area contributed by atoms with Crippen LogP contribution in [0.15, 0.2) is 139 Å². The zero-order chi connectivity index (χ0) is 39.8. The predicted molar refractivity (Wildman–Crippen MR) is 194 cm³/mol. The van der Waals surface area contributed by atoms with E-state index in [0.29, 0.717) is 22.6 Å². The fraction of sp³-hybridized carbons (Fsp3) is 0.0588. The summed E-state index contributed by atoms with van der Waals surface area (Å²) in [6.45, 7) is -0.785. The van der Waals surface area contributed by atoms with Crippen LogP contribution in [0.1, 0.15) is 20.7 Å². The Morgan fingerprint density at radius 3 is 1.78 bits per heavy atom. The Bertz CT molecular complexity index is 2550. The number of hydrogen-bond donors (Lipinski definition) is 6. The Hall–Kier alpha value is -6.94. The lowest BCUT2D eigenvalue weighted by Gasteiger charge is -2.06. The lowest BCUT2D eigenvalue weighted by molar-refractivity contribution is 0.0693. The van der Waals surface area contributed by atoms with Crippen molar-refractivity contribution in [2.24, 2.45) is 30.7 Å². The second kappa shape index (κ2) is 16.8. The van der Waals surface area contributed by atoms with E-state index in [0.717, 1.165) is 0 Å². The van der Waals surface area contributed by atoms with Crippen molar-refractivity contribution in [3.8, 4) is 17.2 Å². The van der Waals surface area contributed by atoms with E-state index in [1.807, 2.05) is 0 Å². The van der Waals surface area contributed by atoms with E-state index in [4.69, 9.17) is 9.66 Å². The summed E-state index contributed by atoms with van der Waals surface area (Å²) in [5.41, 5.74) is 1.04. The number of sulfone groups is 1. The Morgan fingerprint density at radius 1 is 0.636 bits per heavy atom. The normalized spacial score (nSPS) is 12.1. The number of azo groups is 3. The summed E-state index contributed by atoms with van der Waals surface area (Å²) < 4.78 is 58.6. The van der Waals surface area contributed by atoms with Crippen LogP contribution in [0, 0.1) is 0 Å². The first kappa shape index (κ1) is 39.3. The van der Waals surface area contributed by atoms with Crippen molar-refractivity contribution >= 4 is 71.9 Å². The molecule has 5 rings (SSSR count). The van der Waals surface area contributed by atoms with Crippen molar-refractivity contribution in [3.63, 3.8) is 0 Å². The molecule has 0 spiro atoms. The Morgan fingerprint density at radius 2 is 1.16 bits per heavy atom. The molecule has 5 aromatic carbocycles. The number of nitrogens with one attached hydrogen (secondary N) is 1. The molecule has 0 aliphatic heterocycles. The number of rotatable bonds is 14. The molecule has 282 valence electrons. The molecular weight excluding hydrogens is 763 g/mol. The van der Waals surface area contributed by atoms with Crippen LogP contribution in [-0.4, -0.2) is 66.1 Å². The van der Waals surface area contributed by atoms with Gasteiger partial charge in [0.25, 0.3) is 5.91 Å². The van der Waals surface area contributed by atoms with E-state index in [2.05, 4.69) is 40.2 Å². The molecule has 0 aliphatic rings. The van der Waals surface area contributed by atoms with Gasteiger partial charge in [0.15, 0.2) is 21.3 Å². The highest BCUT2D eigenvalue weighted by Crippen LogP contribution is 2.44. The smallest absolute Gasteiger partial charge is 0.397 e. The van der Waals surface area contributed by atoms with Gasteiger partial charge in [0.1, 0.15) is 22.7 Å². The van der Waals surface area contributed by atoms with Crippen LogP contribution in [0.5, 0.6) is 17.2 Å². The molecule has 0 saturated carbocycles. The number of aromatic carboxylic acids is 1. The summed E-state index contributed by atoms with van der Waals surface area (Å²) in [5.74, 6) is -3.85. The number of hydrogen-bond acceptors (Lipinski definition) is 16. The third-order valence-electron chi connectivity index (χ3n) is 7.17. The maximum Gasteiger partial charge on any atom is 0.397 e. The minimum atomic E-state index is -4.79. The molecule has 0 unspecified atom stereocenters. The van der Waals surface area contributed by atoms with Crippen molar-refractivity contribution in [3.05, 3.63) is 114 Å². The van der Waals surface area contributed by atoms with Gasteiger partial charge in [0, 0.05) is 11.3 Å². The third-order valence-corrected chi connectivity index (χ3v) is 9.33. The summed E-state index contributed by atoms with van der Waals surface area (Å²) in [7, 11) is -8.74. The maximum atomic E-state index is 12.8. The molecule has 0 fully saturated rings. The van der Waals surface area contributed by atoms with Gasteiger partial charge in [-0.05, 0) is 103 Å². The average Bonchev–Trinajstić information content (AvgIpc) is 3.14. The number of carbonyl (C=O) groups is 2. The molecule has 21 heteroatoms. The average molecular weight is 790 g/mol. The maximum absolute atomic E-state index is 12.8. The van der Waals surface area contributed by atoms with E-state index in [1.165, 1.54) is 91.0 Å². The molecule has 0 atom stereocenters. The van der Waals surface area contributed by atoms with Gasteiger partial charge >= 0.3 is 16.4 Å². The van der Waals surface area contributed by atoms with Gasteiger partial charge in [-0.15, -0.1) is 10.2 Å². The van der Waals surface area contributed by atoms with Crippen LogP contribution < -0.4 is 5.32 Å². The topological polar surface area (TPSA) is 299 Å². The summed E-state index contributed by atoms with van der Waals surface area (Å²) in [5, 5.41) is 66.3. The summed E-state index contributed by atoms with van der Waals surface area (Å²) in [6, 6.07) is 23.4. The Balaban J connectivity index is 1.18. The Kier molecular flexibility index (Phi) is 12.0. The number of anilines is 1. The highest BCUT2D eigenvalue weighted by molar-refractivity contribution is 7.91. The van der Waals surface area contributed by atoms with Gasteiger partial charge in [-0.2, -0.15) is 28.9 Å². The second-order valence-corrected chi connectivity index (χ2v) is 14.2. The second-order valence-electron chi connectivity index (χ2n) is 11.0. The van der Waals surface area contributed by atoms with Crippen molar-refractivity contribution < 1.29 is 55.6 Å². The first-order chi connectivity index (χ1) is 26.1. The molecule has 0 bridgehead atoms. The lowest BCUT2D eigenvalue weighted by atomic mass is 10.2. The lowest BCUT2D eigenvalue weighted by Crippen LogP contribution is -2.15. The van der Waals surface area contributed by atoms with E-state index in [1.54, 1.807) is 12.1 Å². The van der Waals surface area contributed by atoms with E-state index in [-0.39, 0.29) is 33.2 Å². The summed E-state index contributed by atoms with van der Waals surface area (Å²) >= 11 is 0. The molecule has 0 radical (unpaired) electrons. The molecule has 19 nitrogen and oxygen atoms in total. The molecule has 6 N–H and O–H groups in total. The van der Waals surface area contributed by atoms with Crippen molar-refractivity contribution in [2.45, 2.75) is 4.90 Å². The summed E-state index contributed by atoms with van der Waals surface area (Å²) in [6.07, 6.45) is 0. The molecule has 0 saturated heterocycles. The van der Waals surface area contributed by atoms with Crippen LogP contribution >= 0.6 is 0 Å². The van der Waals surface area contributed by atoms with Crippen molar-refractivity contribution in [1.82, 2.24) is 0 Å². The van der Waals surface area contributed by atoms with Gasteiger partial charge in [0.2, 0.25) is 0 Å². The molecule has 0 aliphatic carbocycles. The number of benzene rings is 5. The minimum Gasteiger partial charge on any atom is -0.507 e. The SMILES string of the molecule is O=C(Nc1ccc(/N=N/c2c(O)ccc(/N=N/c3ccc(S(=O)(=O)CCOS(=O)(=O)O)cc3)c2O)cc1)c1ccc(/N=N/c2ccc(O)c(C(=O)O)c2)cc1. The van der Waals surface area contributed by atoms with Gasteiger partial charge in [-0.3, -0.25) is 9.35 Å². The quantitative estimate of drug-likeness (QED) is 0.0468. The number of carbonyl (C=O) groups excluding carboxylic acids is 1. The van der Waals surface area contributed by atoms with E-state index >= 15 is 0 Å². The monoisotopic (exact) mass is 789 g/mol. The van der Waals surface area contributed by atoms with Crippen LogP contribution in [0.3, 0.4) is 0 Å². The molecule has 55 heavy (non-hydrogen) atoms. The first-order valence-corrected chi connectivity index (χ1v) is 18.4. The van der Waals surface area contributed by atoms with Crippen LogP contribution in [0.4, 0.5) is 39.8 Å². The van der Waals surface area contributed by atoms with Crippen LogP contribution in [0.25, 0.3) is 0 Å². The van der Waals surface area contributed by atoms with Gasteiger partial charge in [-0.25, -0.2) is 17.4 Å². The third kappa shape index (κ3) is 10.8. The zero-order valence-electron chi connectivity index (χ0n) is 27.8. The summed E-state index contributed by atoms with van der Waals surface area (Å²) in [4.78, 5) is 23.8. The van der Waals surface area contributed by atoms with E-state index in [9.17, 15) is 41.7 Å².